The zero-order chi connectivity index (χ0) is 20.3. The van der Waals surface area contributed by atoms with Crippen molar-refractivity contribution in [2.75, 3.05) is 4.72 Å². The van der Waals surface area contributed by atoms with Gasteiger partial charge in [0.05, 0.1) is 27.2 Å². The number of aromatic amines is 2. The molecule has 2 aromatic carbocycles. The highest BCUT2D eigenvalue weighted by atomic mass is 32.2. The molecule has 0 aliphatic heterocycles. The largest absolute Gasteiger partial charge is 0.350 e. The van der Waals surface area contributed by atoms with Gasteiger partial charge in [-0.1, -0.05) is 25.5 Å². The van der Waals surface area contributed by atoms with Crippen molar-refractivity contribution in [2.45, 2.75) is 37.6 Å². The first-order valence-electron chi connectivity index (χ1n) is 8.95. The predicted octanol–water partition coefficient (Wildman–Crippen LogP) is 2.58. The molecule has 1 atom stereocenters. The van der Waals surface area contributed by atoms with Crippen LogP contribution in [-0.4, -0.2) is 30.3 Å². The van der Waals surface area contributed by atoms with Crippen LogP contribution in [0.1, 0.15) is 37.0 Å². The Morgan fingerprint density at radius 1 is 1.11 bits per heavy atom. The summed E-state index contributed by atoms with van der Waals surface area (Å²) in [5, 5.41) is 2.87. The van der Waals surface area contributed by atoms with E-state index in [2.05, 4.69) is 20.0 Å². The molecule has 0 spiro atoms. The number of anilines is 1. The first-order valence-corrected chi connectivity index (χ1v) is 10.4. The number of nitrogens with one attached hydrogen (secondary N) is 4. The summed E-state index contributed by atoms with van der Waals surface area (Å²) in [6.45, 7) is 3.93. The maximum Gasteiger partial charge on any atom is 0.323 e. The normalized spacial score (nSPS) is 12.6. The Labute approximate surface area is 162 Å². The van der Waals surface area contributed by atoms with Crippen molar-refractivity contribution in [1.82, 2.24) is 15.3 Å². The molecule has 3 rings (SSSR count). The van der Waals surface area contributed by atoms with Crippen LogP contribution >= 0.6 is 0 Å². The van der Waals surface area contributed by atoms with E-state index in [4.69, 9.17) is 0 Å². The average Bonchev–Trinajstić information content (AvgIpc) is 3.01. The molecule has 1 amide bonds. The van der Waals surface area contributed by atoms with Crippen LogP contribution in [0.3, 0.4) is 0 Å². The monoisotopic (exact) mass is 402 g/mol. The summed E-state index contributed by atoms with van der Waals surface area (Å²) >= 11 is 0. The first kappa shape index (κ1) is 19.7. The zero-order valence-corrected chi connectivity index (χ0v) is 16.4. The van der Waals surface area contributed by atoms with Gasteiger partial charge in [0.1, 0.15) is 0 Å². The second kappa shape index (κ2) is 7.89. The van der Waals surface area contributed by atoms with Crippen molar-refractivity contribution in [1.29, 1.82) is 0 Å². The number of hydrogen-bond donors (Lipinski definition) is 4. The molecular weight excluding hydrogens is 380 g/mol. The van der Waals surface area contributed by atoms with E-state index in [0.29, 0.717) is 11.0 Å². The Balaban J connectivity index is 1.89. The average molecular weight is 402 g/mol. The lowest BCUT2D eigenvalue weighted by Crippen LogP contribution is -2.33. The molecule has 3 aromatic rings. The van der Waals surface area contributed by atoms with Crippen molar-refractivity contribution in [3.63, 3.8) is 0 Å². The Morgan fingerprint density at radius 3 is 2.57 bits per heavy atom. The number of carbonyl (C=O) groups is 1. The molecule has 0 radical (unpaired) electrons. The van der Waals surface area contributed by atoms with E-state index in [0.717, 1.165) is 12.8 Å². The maximum atomic E-state index is 12.8. The van der Waals surface area contributed by atoms with E-state index in [-0.39, 0.29) is 28.1 Å². The molecule has 0 bridgehead atoms. The lowest BCUT2D eigenvalue weighted by Gasteiger charge is -2.16. The summed E-state index contributed by atoms with van der Waals surface area (Å²) in [6.07, 6.45) is 1.76. The molecule has 4 N–H and O–H groups in total. The standard InChI is InChI=1S/C19H22N4O4S/c1-3-6-12(2)20-18(24)14-7-4-5-8-15(14)23-28(26,27)13-9-10-16-17(11-13)22-19(25)21-16/h4-5,7-12,23H,3,6H2,1-2H3,(H,20,24)(H2,21,22,25)/t12-/m0/s1. The Hall–Kier alpha value is -3.07. The fraction of sp³-hybridized carbons (Fsp3) is 0.263. The minimum Gasteiger partial charge on any atom is -0.350 e. The van der Waals surface area contributed by atoms with Crippen LogP contribution in [0.25, 0.3) is 11.0 Å². The van der Waals surface area contributed by atoms with Gasteiger partial charge in [-0.25, -0.2) is 13.2 Å². The molecule has 8 nitrogen and oxygen atoms in total. The van der Waals surface area contributed by atoms with Gasteiger partial charge in [0, 0.05) is 6.04 Å². The van der Waals surface area contributed by atoms with Crippen LogP contribution in [0.15, 0.2) is 52.2 Å². The van der Waals surface area contributed by atoms with Gasteiger partial charge >= 0.3 is 5.69 Å². The van der Waals surface area contributed by atoms with Gasteiger partial charge in [-0.05, 0) is 43.7 Å². The van der Waals surface area contributed by atoms with Crippen molar-refractivity contribution in [3.05, 3.63) is 58.5 Å². The van der Waals surface area contributed by atoms with Crippen LogP contribution in [0, 0.1) is 0 Å². The summed E-state index contributed by atoms with van der Waals surface area (Å²) < 4.78 is 28.1. The molecule has 1 aromatic heterocycles. The minimum atomic E-state index is -3.96. The predicted molar refractivity (Wildman–Crippen MR) is 108 cm³/mol. The number of sulfonamides is 1. The molecule has 0 unspecified atom stereocenters. The van der Waals surface area contributed by atoms with E-state index in [1.165, 1.54) is 24.3 Å². The number of amides is 1. The summed E-state index contributed by atoms with van der Waals surface area (Å²) in [4.78, 5) is 29.0. The molecule has 0 fully saturated rings. The number of hydrogen-bond acceptors (Lipinski definition) is 4. The number of H-pyrrole nitrogens is 2. The zero-order valence-electron chi connectivity index (χ0n) is 15.6. The SMILES string of the molecule is CCC[C@H](C)NC(=O)c1ccccc1NS(=O)(=O)c1ccc2[nH]c(=O)[nH]c2c1. The second-order valence-electron chi connectivity index (χ2n) is 6.60. The topological polar surface area (TPSA) is 124 Å². The molecule has 0 saturated heterocycles. The van der Waals surface area contributed by atoms with Crippen molar-refractivity contribution < 1.29 is 13.2 Å². The smallest absolute Gasteiger partial charge is 0.323 e. The molecule has 0 saturated carbocycles. The van der Waals surface area contributed by atoms with Gasteiger partial charge in [-0.2, -0.15) is 0 Å². The third-order valence-electron chi connectivity index (χ3n) is 4.31. The fourth-order valence-corrected chi connectivity index (χ4v) is 4.06. The number of aromatic nitrogens is 2. The van der Waals surface area contributed by atoms with E-state index in [9.17, 15) is 18.0 Å². The number of fused-ring (bicyclic) bond motifs is 1. The third-order valence-corrected chi connectivity index (χ3v) is 5.68. The van der Waals surface area contributed by atoms with E-state index < -0.39 is 15.7 Å². The Morgan fingerprint density at radius 2 is 1.82 bits per heavy atom. The van der Waals surface area contributed by atoms with Crippen molar-refractivity contribution in [3.8, 4) is 0 Å². The van der Waals surface area contributed by atoms with Crippen LogP contribution in [0.4, 0.5) is 5.69 Å². The number of carbonyl (C=O) groups excluding carboxylic acids is 1. The van der Waals surface area contributed by atoms with Crippen LogP contribution < -0.4 is 15.7 Å². The molecule has 0 aliphatic rings. The first-order chi connectivity index (χ1) is 13.3. The lowest BCUT2D eigenvalue weighted by atomic mass is 10.1. The molecule has 28 heavy (non-hydrogen) atoms. The fourth-order valence-electron chi connectivity index (χ4n) is 2.96. The lowest BCUT2D eigenvalue weighted by molar-refractivity contribution is 0.0939. The maximum absolute atomic E-state index is 12.8. The van der Waals surface area contributed by atoms with Crippen molar-refractivity contribution in [2.24, 2.45) is 0 Å². The molecule has 1 heterocycles. The summed E-state index contributed by atoms with van der Waals surface area (Å²) in [6, 6.07) is 10.7. The second-order valence-corrected chi connectivity index (χ2v) is 8.28. The van der Waals surface area contributed by atoms with Gasteiger partial charge < -0.3 is 15.3 Å². The molecule has 148 valence electrons. The Kier molecular flexibility index (Phi) is 5.55. The van der Waals surface area contributed by atoms with Crippen LogP contribution in [0.5, 0.6) is 0 Å². The minimum absolute atomic E-state index is 0.0185. The van der Waals surface area contributed by atoms with Gasteiger partial charge in [0.2, 0.25) is 0 Å². The number of benzene rings is 2. The van der Waals surface area contributed by atoms with Crippen LogP contribution in [-0.2, 0) is 10.0 Å². The van der Waals surface area contributed by atoms with Gasteiger partial charge in [0.15, 0.2) is 0 Å². The summed E-state index contributed by atoms with van der Waals surface area (Å²) in [5.41, 5.74) is 0.901. The van der Waals surface area contributed by atoms with Gasteiger partial charge in [0.25, 0.3) is 15.9 Å². The quantitative estimate of drug-likeness (QED) is 0.485. The highest BCUT2D eigenvalue weighted by Gasteiger charge is 2.20. The third kappa shape index (κ3) is 4.25. The van der Waals surface area contributed by atoms with E-state index in [1.807, 2.05) is 13.8 Å². The van der Waals surface area contributed by atoms with E-state index >= 15 is 0 Å². The number of para-hydroxylation sites is 1. The molecular formula is C19H22N4O4S. The van der Waals surface area contributed by atoms with Gasteiger partial charge in [-0.3, -0.25) is 9.52 Å². The summed E-state index contributed by atoms with van der Waals surface area (Å²) in [7, 11) is -3.96. The number of rotatable bonds is 7. The van der Waals surface area contributed by atoms with Gasteiger partial charge in [-0.15, -0.1) is 0 Å². The highest BCUT2D eigenvalue weighted by molar-refractivity contribution is 7.92. The molecule has 0 aliphatic carbocycles. The Bertz CT molecular complexity index is 1160. The van der Waals surface area contributed by atoms with E-state index in [1.54, 1.807) is 18.2 Å². The highest BCUT2D eigenvalue weighted by Crippen LogP contribution is 2.22. The number of imidazole rings is 1. The molecule has 9 heteroatoms. The van der Waals surface area contributed by atoms with Crippen LogP contribution in [0.2, 0.25) is 0 Å². The van der Waals surface area contributed by atoms with Crippen molar-refractivity contribution >= 4 is 32.7 Å². The summed E-state index contributed by atoms with van der Waals surface area (Å²) in [5.74, 6) is -0.343.